The topological polar surface area (TPSA) is 87.6 Å². The van der Waals surface area contributed by atoms with E-state index in [1.54, 1.807) is 12.3 Å². The molecule has 2 aromatic rings. The summed E-state index contributed by atoms with van der Waals surface area (Å²) in [5, 5.41) is 15.2. The van der Waals surface area contributed by atoms with Gasteiger partial charge in [-0.05, 0) is 6.07 Å². The van der Waals surface area contributed by atoms with Crippen molar-refractivity contribution in [2.45, 2.75) is 6.61 Å². The van der Waals surface area contributed by atoms with Crippen molar-refractivity contribution in [3.05, 3.63) is 24.4 Å². The van der Waals surface area contributed by atoms with Crippen LogP contribution in [0.2, 0.25) is 0 Å². The van der Waals surface area contributed by atoms with E-state index in [2.05, 4.69) is 25.1 Å². The number of aromatic amines is 1. The van der Waals surface area contributed by atoms with Crippen molar-refractivity contribution < 1.29 is 5.11 Å². The molecule has 0 bridgehead atoms. The monoisotopic (exact) mass is 177 g/mol. The standard InChI is InChI=1S/C7H7N5O/c13-3-6-10-7(12-11-6)5-1-2-8-4-9-5/h1-2,4,13H,3H2,(H,10,11,12). The lowest BCUT2D eigenvalue weighted by Gasteiger charge is -1.89. The Balaban J connectivity index is 2.36. The second-order valence-electron chi connectivity index (χ2n) is 2.36. The first-order valence-corrected chi connectivity index (χ1v) is 3.68. The van der Waals surface area contributed by atoms with Crippen LogP contribution in [0.1, 0.15) is 5.82 Å². The van der Waals surface area contributed by atoms with Gasteiger partial charge in [0.1, 0.15) is 18.6 Å². The van der Waals surface area contributed by atoms with Crippen LogP contribution in [0.5, 0.6) is 0 Å². The summed E-state index contributed by atoms with van der Waals surface area (Å²) in [6.45, 7) is -0.155. The Morgan fingerprint density at radius 1 is 1.46 bits per heavy atom. The molecule has 0 unspecified atom stereocenters. The van der Waals surface area contributed by atoms with Gasteiger partial charge >= 0.3 is 0 Å². The van der Waals surface area contributed by atoms with Crippen LogP contribution in [0, 0.1) is 0 Å². The fourth-order valence-electron chi connectivity index (χ4n) is 0.904. The van der Waals surface area contributed by atoms with Crippen LogP contribution in [-0.2, 0) is 6.61 Å². The fraction of sp³-hybridized carbons (Fsp3) is 0.143. The molecule has 2 aromatic heterocycles. The lowest BCUT2D eigenvalue weighted by Crippen LogP contribution is -1.87. The Morgan fingerprint density at radius 3 is 3.00 bits per heavy atom. The Bertz CT molecular complexity index is 385. The Morgan fingerprint density at radius 2 is 2.38 bits per heavy atom. The minimum Gasteiger partial charge on any atom is -0.388 e. The highest BCUT2D eigenvalue weighted by molar-refractivity contribution is 5.46. The highest BCUT2D eigenvalue weighted by Gasteiger charge is 2.04. The lowest BCUT2D eigenvalue weighted by atomic mass is 10.4. The van der Waals surface area contributed by atoms with E-state index in [4.69, 9.17) is 5.11 Å². The van der Waals surface area contributed by atoms with Gasteiger partial charge in [0, 0.05) is 6.20 Å². The number of hydrogen-bond acceptors (Lipinski definition) is 5. The van der Waals surface area contributed by atoms with E-state index in [0.29, 0.717) is 17.3 Å². The molecule has 6 nitrogen and oxygen atoms in total. The largest absolute Gasteiger partial charge is 0.388 e. The highest BCUT2D eigenvalue weighted by Crippen LogP contribution is 2.08. The maximum absolute atomic E-state index is 8.73. The van der Waals surface area contributed by atoms with Crippen molar-refractivity contribution in [2.75, 3.05) is 0 Å². The maximum atomic E-state index is 8.73. The van der Waals surface area contributed by atoms with Gasteiger partial charge in [0.05, 0.1) is 0 Å². The van der Waals surface area contributed by atoms with Gasteiger partial charge in [-0.25, -0.2) is 15.0 Å². The molecular formula is C7H7N5O. The molecule has 0 spiro atoms. The van der Waals surface area contributed by atoms with Crippen LogP contribution >= 0.6 is 0 Å². The van der Waals surface area contributed by atoms with Crippen LogP contribution < -0.4 is 0 Å². The van der Waals surface area contributed by atoms with Crippen LogP contribution in [0.3, 0.4) is 0 Å². The summed E-state index contributed by atoms with van der Waals surface area (Å²) < 4.78 is 0. The summed E-state index contributed by atoms with van der Waals surface area (Å²) in [6.07, 6.45) is 3.03. The van der Waals surface area contributed by atoms with Gasteiger partial charge in [0.15, 0.2) is 11.6 Å². The summed E-state index contributed by atoms with van der Waals surface area (Å²) in [7, 11) is 0. The van der Waals surface area contributed by atoms with Crippen molar-refractivity contribution in [1.29, 1.82) is 0 Å². The molecule has 0 aliphatic carbocycles. The Kier molecular flexibility index (Phi) is 1.97. The van der Waals surface area contributed by atoms with E-state index in [0.717, 1.165) is 0 Å². The second-order valence-corrected chi connectivity index (χ2v) is 2.36. The minimum atomic E-state index is -0.155. The number of H-pyrrole nitrogens is 1. The number of hydrogen-bond donors (Lipinski definition) is 2. The van der Waals surface area contributed by atoms with Gasteiger partial charge in [-0.3, -0.25) is 5.10 Å². The number of nitrogens with one attached hydrogen (secondary N) is 1. The smallest absolute Gasteiger partial charge is 0.199 e. The number of rotatable bonds is 2. The average molecular weight is 177 g/mol. The number of aromatic nitrogens is 5. The fourth-order valence-corrected chi connectivity index (χ4v) is 0.904. The quantitative estimate of drug-likeness (QED) is 0.660. The lowest BCUT2D eigenvalue weighted by molar-refractivity contribution is 0.272. The van der Waals surface area contributed by atoms with E-state index >= 15 is 0 Å². The first-order chi connectivity index (χ1) is 6.40. The molecule has 0 atom stereocenters. The van der Waals surface area contributed by atoms with E-state index in [9.17, 15) is 0 Å². The predicted octanol–water partition coefficient (Wildman–Crippen LogP) is -0.246. The normalized spacial score (nSPS) is 10.2. The molecule has 0 radical (unpaired) electrons. The molecular weight excluding hydrogens is 170 g/mol. The van der Waals surface area contributed by atoms with E-state index < -0.39 is 0 Å². The van der Waals surface area contributed by atoms with Crippen molar-refractivity contribution in [3.63, 3.8) is 0 Å². The summed E-state index contributed by atoms with van der Waals surface area (Å²) in [5.41, 5.74) is 0.631. The van der Waals surface area contributed by atoms with Gasteiger partial charge in [0.2, 0.25) is 0 Å². The van der Waals surface area contributed by atoms with Gasteiger partial charge in [-0.15, -0.1) is 0 Å². The van der Waals surface area contributed by atoms with Gasteiger partial charge < -0.3 is 5.11 Å². The SMILES string of the molecule is OCc1nc(-c2ccncn2)n[nH]1. The molecule has 2 rings (SSSR count). The summed E-state index contributed by atoms with van der Waals surface area (Å²) in [5.74, 6) is 0.889. The molecule has 0 fully saturated rings. The maximum Gasteiger partial charge on any atom is 0.199 e. The third-order valence-corrected chi connectivity index (χ3v) is 1.49. The Labute approximate surface area is 73.7 Å². The number of aliphatic hydroxyl groups excluding tert-OH is 1. The molecule has 2 heterocycles. The minimum absolute atomic E-state index is 0.155. The highest BCUT2D eigenvalue weighted by atomic mass is 16.3. The van der Waals surface area contributed by atoms with E-state index in [1.807, 2.05) is 0 Å². The van der Waals surface area contributed by atoms with E-state index in [-0.39, 0.29) is 6.61 Å². The van der Waals surface area contributed by atoms with Gasteiger partial charge in [-0.1, -0.05) is 0 Å². The zero-order chi connectivity index (χ0) is 9.10. The Hall–Kier alpha value is -1.82. The van der Waals surface area contributed by atoms with Crippen molar-refractivity contribution in [1.82, 2.24) is 25.1 Å². The molecule has 0 saturated heterocycles. The first-order valence-electron chi connectivity index (χ1n) is 3.68. The van der Waals surface area contributed by atoms with Crippen molar-refractivity contribution in [3.8, 4) is 11.5 Å². The average Bonchev–Trinajstić information content (AvgIpc) is 2.67. The first kappa shape index (κ1) is 7.81. The van der Waals surface area contributed by atoms with Crippen LogP contribution in [-0.4, -0.2) is 30.3 Å². The third-order valence-electron chi connectivity index (χ3n) is 1.49. The third kappa shape index (κ3) is 1.52. The number of nitrogens with zero attached hydrogens (tertiary/aromatic N) is 4. The molecule has 2 N–H and O–H groups in total. The second kappa shape index (κ2) is 3.28. The van der Waals surface area contributed by atoms with Crippen molar-refractivity contribution >= 4 is 0 Å². The zero-order valence-corrected chi connectivity index (χ0v) is 6.68. The van der Waals surface area contributed by atoms with Crippen LogP contribution in [0.25, 0.3) is 11.5 Å². The van der Waals surface area contributed by atoms with E-state index in [1.165, 1.54) is 6.33 Å². The molecule has 0 aliphatic heterocycles. The number of aliphatic hydroxyl groups is 1. The molecule has 0 aromatic carbocycles. The van der Waals surface area contributed by atoms with Crippen LogP contribution in [0.15, 0.2) is 18.6 Å². The van der Waals surface area contributed by atoms with Gasteiger partial charge in [-0.2, -0.15) is 5.10 Å². The molecule has 0 aliphatic rings. The molecule has 0 amide bonds. The summed E-state index contributed by atoms with van der Waals surface area (Å²) in [6, 6.07) is 1.70. The zero-order valence-electron chi connectivity index (χ0n) is 6.68. The van der Waals surface area contributed by atoms with Gasteiger partial charge in [0.25, 0.3) is 0 Å². The molecule has 13 heavy (non-hydrogen) atoms. The summed E-state index contributed by atoms with van der Waals surface area (Å²) >= 11 is 0. The van der Waals surface area contributed by atoms with Crippen LogP contribution in [0.4, 0.5) is 0 Å². The summed E-state index contributed by atoms with van der Waals surface area (Å²) in [4.78, 5) is 11.7. The molecule has 66 valence electrons. The molecule has 0 saturated carbocycles. The predicted molar refractivity (Wildman–Crippen MR) is 43.3 cm³/mol. The molecule has 6 heteroatoms. The van der Waals surface area contributed by atoms with Crippen molar-refractivity contribution in [2.24, 2.45) is 0 Å².